The Hall–Kier alpha value is -1.01. The molecule has 5 aliphatic carbocycles. The van der Waals surface area contributed by atoms with Crippen molar-refractivity contribution in [3.05, 3.63) is 23.8 Å². The van der Waals surface area contributed by atoms with Crippen LogP contribution in [0.3, 0.4) is 0 Å². The van der Waals surface area contributed by atoms with Crippen molar-refractivity contribution >= 4 is 5.78 Å². The van der Waals surface area contributed by atoms with Crippen molar-refractivity contribution in [1.82, 2.24) is 0 Å². The van der Waals surface area contributed by atoms with E-state index in [0.717, 1.165) is 19.3 Å². The standard InChI is InChI=1S/C30H44O5/c1-18(2)33-17-30-25(34-27(35-30)19-8-6-5-7-9-19)15-23-22-11-10-20-14-21(31)12-13-28(20,3)26(22)24(32)16-29(23,30)4/h12-14,18-19,22-27,32H,5-11,15-17H2,1-4H3. The average Bonchev–Trinajstić information content (AvgIpc) is 3.30. The number of fused-ring (bicyclic) bond motifs is 7. The van der Waals surface area contributed by atoms with Gasteiger partial charge in [-0.1, -0.05) is 44.8 Å². The second-order valence-electron chi connectivity index (χ2n) is 13.2. The molecule has 0 aromatic heterocycles. The third kappa shape index (κ3) is 3.51. The van der Waals surface area contributed by atoms with Crippen LogP contribution in [0.5, 0.6) is 0 Å². The molecule has 0 bridgehead atoms. The minimum Gasteiger partial charge on any atom is -0.393 e. The van der Waals surface area contributed by atoms with Crippen molar-refractivity contribution in [3.8, 4) is 0 Å². The molecule has 4 saturated carbocycles. The third-order valence-corrected chi connectivity index (χ3v) is 11.1. The Morgan fingerprint density at radius 3 is 2.69 bits per heavy atom. The largest absolute Gasteiger partial charge is 0.393 e. The SMILES string of the molecule is CC(C)OCC12OC(C3CCCCC3)OC1CC1C3CCC4=CC(=O)C=CC4(C)C3C(O)CC12C. The highest BCUT2D eigenvalue weighted by atomic mass is 16.7. The van der Waals surface area contributed by atoms with E-state index < -0.39 is 11.7 Å². The molecule has 5 nitrogen and oxygen atoms in total. The summed E-state index contributed by atoms with van der Waals surface area (Å²) in [5, 5.41) is 11.8. The average molecular weight is 485 g/mol. The molecule has 6 aliphatic rings. The summed E-state index contributed by atoms with van der Waals surface area (Å²) in [5.74, 6) is 1.47. The van der Waals surface area contributed by atoms with E-state index in [4.69, 9.17) is 14.2 Å². The second-order valence-corrected chi connectivity index (χ2v) is 13.2. The summed E-state index contributed by atoms with van der Waals surface area (Å²) in [4.78, 5) is 12.1. The number of carbonyl (C=O) groups is 1. The number of hydrogen-bond acceptors (Lipinski definition) is 5. The smallest absolute Gasteiger partial charge is 0.178 e. The van der Waals surface area contributed by atoms with Crippen molar-refractivity contribution in [1.29, 1.82) is 0 Å². The van der Waals surface area contributed by atoms with Crippen molar-refractivity contribution in [2.45, 2.75) is 116 Å². The first-order valence-corrected chi connectivity index (χ1v) is 14.3. The van der Waals surface area contributed by atoms with Gasteiger partial charge in [0.15, 0.2) is 12.1 Å². The first-order chi connectivity index (χ1) is 16.7. The van der Waals surface area contributed by atoms with E-state index in [1.165, 1.54) is 37.7 Å². The maximum atomic E-state index is 12.1. The summed E-state index contributed by atoms with van der Waals surface area (Å²) in [7, 11) is 0. The fraction of sp³-hybridized carbons (Fsp3) is 0.833. The van der Waals surface area contributed by atoms with Crippen LogP contribution in [0.1, 0.15) is 85.5 Å². The van der Waals surface area contributed by atoms with Crippen LogP contribution in [0.25, 0.3) is 0 Å². The van der Waals surface area contributed by atoms with Crippen LogP contribution in [0, 0.1) is 34.5 Å². The first-order valence-electron chi connectivity index (χ1n) is 14.3. The molecule has 5 fully saturated rings. The lowest BCUT2D eigenvalue weighted by Gasteiger charge is -2.60. The van der Waals surface area contributed by atoms with E-state index in [9.17, 15) is 9.90 Å². The van der Waals surface area contributed by atoms with E-state index in [-0.39, 0.29) is 41.0 Å². The van der Waals surface area contributed by atoms with Gasteiger partial charge in [0.1, 0.15) is 5.60 Å². The Labute approximate surface area is 210 Å². The molecule has 35 heavy (non-hydrogen) atoms. The van der Waals surface area contributed by atoms with Gasteiger partial charge in [-0.05, 0) is 76.4 Å². The zero-order valence-corrected chi connectivity index (χ0v) is 22.0. The first kappa shape index (κ1) is 24.3. The summed E-state index contributed by atoms with van der Waals surface area (Å²) in [5.41, 5.74) is 0.242. The number of allylic oxidation sites excluding steroid dienone is 4. The van der Waals surface area contributed by atoms with Gasteiger partial charge in [0.2, 0.25) is 0 Å². The van der Waals surface area contributed by atoms with Gasteiger partial charge in [0, 0.05) is 22.7 Å². The molecule has 1 heterocycles. The molecule has 1 N–H and O–H groups in total. The molecule has 5 heteroatoms. The molecule has 9 atom stereocenters. The monoisotopic (exact) mass is 484 g/mol. The second kappa shape index (κ2) is 8.51. The summed E-state index contributed by atoms with van der Waals surface area (Å²) in [6.45, 7) is 9.32. The lowest BCUT2D eigenvalue weighted by molar-refractivity contribution is -0.224. The maximum Gasteiger partial charge on any atom is 0.178 e. The van der Waals surface area contributed by atoms with Gasteiger partial charge in [-0.25, -0.2) is 0 Å². The Morgan fingerprint density at radius 1 is 1.17 bits per heavy atom. The Kier molecular flexibility index (Phi) is 5.92. The van der Waals surface area contributed by atoms with E-state index in [1.54, 1.807) is 6.08 Å². The molecular formula is C30H44O5. The molecule has 1 saturated heterocycles. The van der Waals surface area contributed by atoms with Crippen molar-refractivity contribution in [2.75, 3.05) is 6.61 Å². The van der Waals surface area contributed by atoms with Crippen molar-refractivity contribution in [3.63, 3.8) is 0 Å². The fourth-order valence-corrected chi connectivity index (χ4v) is 9.35. The molecule has 0 aromatic rings. The summed E-state index contributed by atoms with van der Waals surface area (Å²) in [6, 6.07) is 0. The predicted molar refractivity (Wildman–Crippen MR) is 134 cm³/mol. The quantitative estimate of drug-likeness (QED) is 0.582. The summed E-state index contributed by atoms with van der Waals surface area (Å²) < 4.78 is 20.2. The van der Waals surface area contributed by atoms with Crippen LogP contribution >= 0.6 is 0 Å². The number of ether oxygens (including phenoxy) is 3. The van der Waals surface area contributed by atoms with Crippen LogP contribution < -0.4 is 0 Å². The van der Waals surface area contributed by atoms with Gasteiger partial charge in [-0.3, -0.25) is 4.79 Å². The van der Waals surface area contributed by atoms with Gasteiger partial charge in [0.25, 0.3) is 0 Å². The molecular weight excluding hydrogens is 440 g/mol. The van der Waals surface area contributed by atoms with E-state index in [2.05, 4.69) is 33.8 Å². The topological polar surface area (TPSA) is 65.0 Å². The Bertz CT molecular complexity index is 918. The zero-order valence-electron chi connectivity index (χ0n) is 22.0. The number of carbonyl (C=O) groups excluding carboxylic acids is 1. The van der Waals surface area contributed by atoms with Gasteiger partial charge >= 0.3 is 0 Å². The molecule has 194 valence electrons. The minimum atomic E-state index is -0.509. The lowest BCUT2D eigenvalue weighted by Crippen LogP contribution is -2.62. The van der Waals surface area contributed by atoms with Crippen molar-refractivity contribution < 1.29 is 24.1 Å². The number of hydrogen-bond donors (Lipinski definition) is 1. The summed E-state index contributed by atoms with van der Waals surface area (Å²) >= 11 is 0. The zero-order chi connectivity index (χ0) is 24.6. The molecule has 0 spiro atoms. The van der Waals surface area contributed by atoms with E-state index in [1.807, 2.05) is 6.08 Å². The van der Waals surface area contributed by atoms with Crippen LogP contribution in [0.4, 0.5) is 0 Å². The van der Waals surface area contributed by atoms with Crippen LogP contribution in [-0.2, 0) is 19.0 Å². The highest BCUT2D eigenvalue weighted by molar-refractivity contribution is 6.01. The predicted octanol–water partition coefficient (Wildman–Crippen LogP) is 5.36. The molecule has 0 amide bonds. The number of ketones is 1. The lowest BCUT2D eigenvalue weighted by atomic mass is 9.46. The Morgan fingerprint density at radius 2 is 1.94 bits per heavy atom. The molecule has 1 aliphatic heterocycles. The molecule has 0 radical (unpaired) electrons. The third-order valence-electron chi connectivity index (χ3n) is 11.1. The molecule has 9 unspecified atom stereocenters. The highest BCUT2D eigenvalue weighted by Gasteiger charge is 2.73. The fourth-order valence-electron chi connectivity index (χ4n) is 9.35. The van der Waals surface area contributed by atoms with Crippen LogP contribution in [-0.4, -0.2) is 47.7 Å². The van der Waals surface area contributed by atoms with Gasteiger partial charge in [-0.2, -0.15) is 0 Å². The number of aliphatic hydroxyl groups is 1. The number of aliphatic hydroxyl groups excluding tert-OH is 1. The minimum absolute atomic E-state index is 0.0161. The van der Waals surface area contributed by atoms with E-state index >= 15 is 0 Å². The van der Waals surface area contributed by atoms with Gasteiger partial charge in [-0.15, -0.1) is 0 Å². The highest BCUT2D eigenvalue weighted by Crippen LogP contribution is 2.69. The number of rotatable bonds is 4. The van der Waals surface area contributed by atoms with Crippen LogP contribution in [0.15, 0.2) is 23.8 Å². The normalized spacial score (nSPS) is 49.4. The van der Waals surface area contributed by atoms with Crippen LogP contribution in [0.2, 0.25) is 0 Å². The summed E-state index contributed by atoms with van der Waals surface area (Å²) in [6.07, 6.45) is 15.0. The molecule has 6 rings (SSSR count). The van der Waals surface area contributed by atoms with Gasteiger partial charge in [0.05, 0.1) is 24.9 Å². The van der Waals surface area contributed by atoms with E-state index in [0.29, 0.717) is 30.8 Å². The molecule has 0 aromatic carbocycles. The van der Waals surface area contributed by atoms with Gasteiger partial charge < -0.3 is 19.3 Å². The van der Waals surface area contributed by atoms with Crippen molar-refractivity contribution in [2.24, 2.45) is 34.5 Å². The maximum absolute atomic E-state index is 12.1. The Balaban J connectivity index is 1.34.